The fraction of sp³-hybridized carbons (Fsp3) is 0.535. The Morgan fingerprint density at radius 2 is 1.88 bits per heavy atom. The molecule has 1 saturated carbocycles. The summed E-state index contributed by atoms with van der Waals surface area (Å²) in [6.07, 6.45) is 9.37. The summed E-state index contributed by atoms with van der Waals surface area (Å²) >= 11 is 0. The second kappa shape index (κ2) is 15.1. The summed E-state index contributed by atoms with van der Waals surface area (Å²) in [5.41, 5.74) is 0.704. The molecule has 16 heteroatoms. The average molecular weight is 814 g/mol. The molecule has 1 aromatic heterocycles. The molecular weight excluding hydrogens is 762 g/mol. The van der Waals surface area contributed by atoms with Crippen LogP contribution >= 0.6 is 0 Å². The van der Waals surface area contributed by atoms with Crippen molar-refractivity contribution in [1.29, 1.82) is 0 Å². The van der Waals surface area contributed by atoms with E-state index in [9.17, 15) is 35.1 Å². The summed E-state index contributed by atoms with van der Waals surface area (Å²) < 4.78 is 13.4. The number of fused-ring (bicyclic) bond motifs is 4. The number of aryl methyl sites for hydroxylation is 1. The molecule has 0 bridgehead atoms. The number of nitrogens with one attached hydrogen (secondary N) is 1. The summed E-state index contributed by atoms with van der Waals surface area (Å²) in [7, 11) is 0. The van der Waals surface area contributed by atoms with Crippen LogP contribution in [0.4, 0.5) is 5.69 Å². The summed E-state index contributed by atoms with van der Waals surface area (Å²) in [6, 6.07) is 3.20. The van der Waals surface area contributed by atoms with Crippen LogP contribution in [0.25, 0.3) is 11.0 Å². The highest BCUT2D eigenvalue weighted by Gasteiger charge is 2.54. The number of anilines is 1. The highest BCUT2D eigenvalue weighted by Crippen LogP contribution is 2.52. The van der Waals surface area contributed by atoms with Gasteiger partial charge in [-0.15, -0.1) is 0 Å². The summed E-state index contributed by atoms with van der Waals surface area (Å²) in [6.45, 7) is 3.20. The van der Waals surface area contributed by atoms with Crippen LogP contribution in [0.2, 0.25) is 0 Å². The molecule has 1 aromatic carbocycles. The van der Waals surface area contributed by atoms with Crippen molar-refractivity contribution in [2.75, 3.05) is 44.3 Å². The van der Waals surface area contributed by atoms with E-state index in [-0.39, 0.29) is 30.2 Å². The van der Waals surface area contributed by atoms with Gasteiger partial charge in [-0.1, -0.05) is 12.8 Å². The number of allylic oxidation sites excluding steroid dienone is 2. The van der Waals surface area contributed by atoms with Crippen LogP contribution < -0.4 is 20.4 Å². The number of aliphatic hydroxyl groups excluding tert-OH is 4. The fourth-order valence-electron chi connectivity index (χ4n) is 10.1. The minimum absolute atomic E-state index is 0.0716. The zero-order valence-electron chi connectivity index (χ0n) is 33.2. The Kier molecular flexibility index (Phi) is 10.2. The van der Waals surface area contributed by atoms with Crippen molar-refractivity contribution in [3.05, 3.63) is 80.8 Å². The number of ether oxygens (including phenoxy) is 1. The maximum atomic E-state index is 13.5. The molecule has 6 aliphatic heterocycles. The van der Waals surface area contributed by atoms with Crippen molar-refractivity contribution >= 4 is 35.0 Å². The minimum Gasteiger partial charge on any atom is -0.482 e. The number of carbonyl (C=O) groups is 1. The van der Waals surface area contributed by atoms with Gasteiger partial charge in [0.15, 0.2) is 16.8 Å². The molecule has 0 unspecified atom stereocenters. The molecule has 6 N–H and O–H groups in total. The van der Waals surface area contributed by atoms with E-state index in [1.54, 1.807) is 36.4 Å². The van der Waals surface area contributed by atoms with Crippen molar-refractivity contribution in [2.45, 2.75) is 94.4 Å². The zero-order chi connectivity index (χ0) is 41.3. The van der Waals surface area contributed by atoms with Crippen LogP contribution in [0.5, 0.6) is 5.75 Å². The molecule has 0 radical (unpaired) electrons. The molecule has 59 heavy (non-hydrogen) atoms. The largest absolute Gasteiger partial charge is 0.482 e. The SMILES string of the molecule is Cc1cc(=O)c2cc3c(c(N4C=C5N=CC=C5C4)c2o1)O[C@](C)(CC[C@H]1CNC(=O)C12CCCC2)[C@H](OOC[C@H](O)[C@](O)(CN1CC=C2N=CC=C21)[C@H](O)[C@H](O)CO)C3. The zero-order valence-corrected chi connectivity index (χ0v) is 33.2. The normalized spacial score (nSPS) is 27.5. The molecule has 9 rings (SSSR count). The van der Waals surface area contributed by atoms with Crippen LogP contribution in [0.15, 0.2) is 78.4 Å². The second-order valence-corrected chi connectivity index (χ2v) is 17.2. The Balaban J connectivity index is 1.03. The molecule has 7 aliphatic rings. The summed E-state index contributed by atoms with van der Waals surface area (Å²) in [4.78, 5) is 51.2. The monoisotopic (exact) mass is 813 g/mol. The van der Waals surface area contributed by atoms with Crippen LogP contribution in [-0.4, -0.2) is 124 Å². The smallest absolute Gasteiger partial charge is 0.226 e. The molecule has 1 aliphatic carbocycles. The van der Waals surface area contributed by atoms with Gasteiger partial charge in [0.25, 0.3) is 0 Å². The number of hydrogen-bond donors (Lipinski definition) is 6. The van der Waals surface area contributed by atoms with E-state index in [2.05, 4.69) is 15.3 Å². The first-order valence-electron chi connectivity index (χ1n) is 20.5. The number of β-amino-alcohol motifs (C(OH)–C–C–N with tert-alkyl or cyclic N) is 1. The van der Waals surface area contributed by atoms with E-state index in [1.807, 2.05) is 30.2 Å². The summed E-state index contributed by atoms with van der Waals surface area (Å²) in [5.74, 6) is 1.15. The molecular formula is C43H51N5O11. The molecule has 16 nitrogen and oxygen atoms in total. The lowest BCUT2D eigenvalue weighted by Crippen LogP contribution is -2.63. The van der Waals surface area contributed by atoms with Crippen LogP contribution in [0.1, 0.15) is 56.8 Å². The molecule has 1 spiro atoms. The van der Waals surface area contributed by atoms with Gasteiger partial charge in [0.1, 0.15) is 53.7 Å². The first-order valence-corrected chi connectivity index (χ1v) is 20.5. The van der Waals surface area contributed by atoms with E-state index in [0.717, 1.165) is 37.0 Å². The predicted molar refractivity (Wildman–Crippen MR) is 216 cm³/mol. The lowest BCUT2D eigenvalue weighted by Gasteiger charge is -2.44. The number of rotatable bonds is 14. The lowest BCUT2D eigenvalue weighted by atomic mass is 9.72. The molecule has 2 aromatic rings. The highest BCUT2D eigenvalue weighted by molar-refractivity contribution is 5.96. The van der Waals surface area contributed by atoms with Gasteiger partial charge in [-0.2, -0.15) is 0 Å². The maximum absolute atomic E-state index is 13.5. The highest BCUT2D eigenvalue weighted by atomic mass is 17.2. The van der Waals surface area contributed by atoms with Gasteiger partial charge in [0, 0.05) is 55.3 Å². The quantitative estimate of drug-likeness (QED) is 0.119. The standard InChI is InChI=1S/C43H51N5O11/c1-24-15-32(50)28-16-26-17-35(59-56-22-34(52)43(55,39(53)33(51)21-49)23-47-14-8-29-31(47)7-13-44-29)41(2,11-5-27-18-46-40(54)42(27)9-3-4-10-42)58-37(26)36(38(28)57-24)48-19-25-6-12-45-30(25)20-48/h6-8,12-13,15-16,20,27,33-35,39,49,51-53,55H,3-5,9-11,14,17-19,21-23H2,1-2H3,(H,46,54)/t27-,33+,34-,35+,39+,41+,43+/m0/s1. The van der Waals surface area contributed by atoms with Crippen molar-refractivity contribution in [1.82, 2.24) is 10.2 Å². The number of benzene rings is 1. The Labute approximate surface area is 340 Å². The van der Waals surface area contributed by atoms with Crippen molar-refractivity contribution in [2.24, 2.45) is 21.3 Å². The second-order valence-electron chi connectivity index (χ2n) is 17.2. The molecule has 7 atom stereocenters. The Morgan fingerprint density at radius 3 is 2.66 bits per heavy atom. The van der Waals surface area contributed by atoms with E-state index in [4.69, 9.17) is 18.9 Å². The Hall–Kier alpha value is -4.68. The van der Waals surface area contributed by atoms with Gasteiger partial charge < -0.3 is 49.8 Å². The average Bonchev–Trinajstić information content (AvgIpc) is 4.07. The first kappa shape index (κ1) is 39.8. The van der Waals surface area contributed by atoms with Gasteiger partial charge in [0.2, 0.25) is 5.91 Å². The molecule has 1 amide bonds. The van der Waals surface area contributed by atoms with Crippen LogP contribution in [0.3, 0.4) is 0 Å². The number of aliphatic hydroxyl groups is 5. The van der Waals surface area contributed by atoms with Crippen molar-refractivity contribution < 1.29 is 49.3 Å². The lowest BCUT2D eigenvalue weighted by molar-refractivity contribution is -0.365. The maximum Gasteiger partial charge on any atom is 0.226 e. The number of carbonyl (C=O) groups excluding carboxylic acids is 1. The van der Waals surface area contributed by atoms with E-state index < -0.39 is 54.2 Å². The number of hydrogen-bond acceptors (Lipinski definition) is 15. The van der Waals surface area contributed by atoms with Gasteiger partial charge >= 0.3 is 0 Å². The molecule has 7 heterocycles. The third-order valence-electron chi connectivity index (χ3n) is 13.6. The van der Waals surface area contributed by atoms with Gasteiger partial charge in [0.05, 0.1) is 47.6 Å². The van der Waals surface area contributed by atoms with E-state index in [0.29, 0.717) is 77.6 Å². The number of nitrogens with zero attached hydrogens (tertiary/aromatic N) is 4. The number of aliphatic imine (C=N–C) groups is 2. The van der Waals surface area contributed by atoms with Crippen LogP contribution in [-0.2, 0) is 21.0 Å². The third kappa shape index (κ3) is 6.74. The van der Waals surface area contributed by atoms with Gasteiger partial charge in [-0.25, -0.2) is 9.78 Å². The van der Waals surface area contributed by atoms with E-state index in [1.165, 1.54) is 6.07 Å². The molecule has 2 fully saturated rings. The summed E-state index contributed by atoms with van der Waals surface area (Å²) in [5, 5.41) is 58.2. The minimum atomic E-state index is -2.39. The topological polar surface area (TPSA) is 219 Å². The first-order chi connectivity index (χ1) is 28.3. The molecule has 1 saturated heterocycles. The van der Waals surface area contributed by atoms with Gasteiger partial charge in [-0.3, -0.25) is 19.6 Å². The van der Waals surface area contributed by atoms with Crippen molar-refractivity contribution in [3.8, 4) is 5.75 Å². The van der Waals surface area contributed by atoms with Gasteiger partial charge in [-0.05, 0) is 69.7 Å². The Morgan fingerprint density at radius 1 is 1.10 bits per heavy atom. The third-order valence-corrected chi connectivity index (χ3v) is 13.6. The Bertz CT molecular complexity index is 2290. The predicted octanol–water partition coefficient (Wildman–Crippen LogP) is 1.84. The fourth-order valence-corrected chi connectivity index (χ4v) is 10.1. The number of amides is 1. The molecule has 314 valence electrons. The van der Waals surface area contributed by atoms with Crippen molar-refractivity contribution in [3.63, 3.8) is 0 Å². The van der Waals surface area contributed by atoms with E-state index >= 15 is 0 Å². The van der Waals surface area contributed by atoms with Crippen LogP contribution in [0, 0.1) is 18.3 Å².